The summed E-state index contributed by atoms with van der Waals surface area (Å²) in [5.41, 5.74) is 16.0. The Bertz CT molecular complexity index is 3630. The maximum absolute atomic E-state index is 4.74. The molecular formula is C60H40N4. The van der Waals surface area contributed by atoms with Crippen molar-refractivity contribution in [3.63, 3.8) is 0 Å². The summed E-state index contributed by atoms with van der Waals surface area (Å²) in [6.07, 6.45) is 0. The van der Waals surface area contributed by atoms with Gasteiger partial charge < -0.3 is 4.57 Å². The van der Waals surface area contributed by atoms with Crippen LogP contribution in [0.5, 0.6) is 0 Å². The standard InChI is InChI=1S/C60H40N4/c1-3-17-44(18-4-1)59-61-62-60(64(59)47-20-5-2-6-21-47)45-32-30-42(31-33-45)50-23-9-11-25-53(50)54-26-12-10-24-51(54)43-34-37-48(38-35-43)63-57-29-14-13-27-55(57)56-40-46(36-39-58(56)63)52-28-15-19-41-16-7-8-22-49(41)52/h1-40H. The molecule has 4 nitrogen and oxygen atoms in total. The molecule has 0 aliphatic rings. The number of aromatic nitrogens is 4. The van der Waals surface area contributed by atoms with E-state index in [1.807, 2.05) is 36.4 Å². The van der Waals surface area contributed by atoms with E-state index in [0.717, 1.165) is 45.3 Å². The molecule has 0 unspecified atom stereocenters. The summed E-state index contributed by atoms with van der Waals surface area (Å²) in [4.78, 5) is 0. The quantitative estimate of drug-likeness (QED) is 0.153. The van der Waals surface area contributed by atoms with E-state index in [9.17, 15) is 0 Å². The lowest BCUT2D eigenvalue weighted by Gasteiger charge is -2.16. The van der Waals surface area contributed by atoms with Crippen molar-refractivity contribution in [2.45, 2.75) is 0 Å². The minimum atomic E-state index is 0.797. The van der Waals surface area contributed by atoms with Crippen molar-refractivity contribution < 1.29 is 0 Å². The molecule has 12 aromatic rings. The summed E-state index contributed by atoms with van der Waals surface area (Å²) < 4.78 is 4.54. The van der Waals surface area contributed by atoms with E-state index in [1.165, 1.54) is 66.0 Å². The predicted molar refractivity (Wildman–Crippen MR) is 266 cm³/mol. The van der Waals surface area contributed by atoms with E-state index in [-0.39, 0.29) is 0 Å². The Morgan fingerprint density at radius 1 is 0.250 bits per heavy atom. The van der Waals surface area contributed by atoms with Crippen molar-refractivity contribution in [1.82, 2.24) is 19.3 Å². The first-order valence-electron chi connectivity index (χ1n) is 21.7. The van der Waals surface area contributed by atoms with E-state index in [2.05, 4.69) is 215 Å². The average molecular weight is 817 g/mol. The Morgan fingerprint density at radius 2 is 0.703 bits per heavy atom. The molecule has 0 aliphatic carbocycles. The van der Waals surface area contributed by atoms with Crippen LogP contribution in [0, 0.1) is 0 Å². The van der Waals surface area contributed by atoms with Gasteiger partial charge in [-0.15, -0.1) is 10.2 Å². The van der Waals surface area contributed by atoms with E-state index in [1.54, 1.807) is 0 Å². The van der Waals surface area contributed by atoms with Gasteiger partial charge >= 0.3 is 0 Å². The van der Waals surface area contributed by atoms with E-state index in [0.29, 0.717) is 0 Å². The highest BCUT2D eigenvalue weighted by Crippen LogP contribution is 2.41. The number of hydrogen-bond acceptors (Lipinski definition) is 2. The van der Waals surface area contributed by atoms with Crippen LogP contribution in [0.4, 0.5) is 0 Å². The summed E-state index contributed by atoms with van der Waals surface area (Å²) in [7, 11) is 0. The van der Waals surface area contributed by atoms with Crippen LogP contribution in [0.2, 0.25) is 0 Å². The molecule has 0 saturated carbocycles. The maximum Gasteiger partial charge on any atom is 0.168 e. The predicted octanol–water partition coefficient (Wildman–Crippen LogP) is 15.5. The second-order valence-corrected chi connectivity index (χ2v) is 16.2. The molecule has 300 valence electrons. The SMILES string of the molecule is c1ccc(-c2nnc(-c3ccc(-c4ccccc4-c4ccccc4-c4ccc(-n5c6ccccc6c6cc(-c7cccc8ccccc78)ccc65)cc4)cc3)n2-c2ccccc2)cc1. The highest BCUT2D eigenvalue weighted by atomic mass is 15.3. The fourth-order valence-electron chi connectivity index (χ4n) is 9.49. The number of rotatable bonds is 8. The number of hydrogen-bond donors (Lipinski definition) is 0. The molecule has 4 heteroatoms. The highest BCUT2D eigenvalue weighted by molar-refractivity contribution is 6.11. The van der Waals surface area contributed by atoms with Crippen molar-refractivity contribution in [3.8, 4) is 78.7 Å². The molecule has 64 heavy (non-hydrogen) atoms. The minimum absolute atomic E-state index is 0.797. The van der Waals surface area contributed by atoms with Gasteiger partial charge in [0.1, 0.15) is 0 Å². The molecule has 12 rings (SSSR count). The smallest absolute Gasteiger partial charge is 0.168 e. The van der Waals surface area contributed by atoms with Gasteiger partial charge in [-0.05, 0) is 97.7 Å². The molecular weight excluding hydrogens is 777 g/mol. The highest BCUT2D eigenvalue weighted by Gasteiger charge is 2.19. The van der Waals surface area contributed by atoms with Gasteiger partial charge in [-0.25, -0.2) is 0 Å². The van der Waals surface area contributed by atoms with Gasteiger partial charge in [0.25, 0.3) is 0 Å². The Labute approximate surface area is 371 Å². The third kappa shape index (κ3) is 6.40. The zero-order valence-corrected chi connectivity index (χ0v) is 34.9. The molecule has 2 aromatic heterocycles. The molecule has 10 aromatic carbocycles. The number of nitrogens with zero attached hydrogens (tertiary/aromatic N) is 4. The summed E-state index contributed by atoms with van der Waals surface area (Å²) in [6.45, 7) is 0. The topological polar surface area (TPSA) is 35.6 Å². The second kappa shape index (κ2) is 15.7. The first-order valence-corrected chi connectivity index (χ1v) is 21.7. The Hall–Kier alpha value is -8.60. The van der Waals surface area contributed by atoms with Crippen LogP contribution >= 0.6 is 0 Å². The van der Waals surface area contributed by atoms with Crippen LogP contribution in [0.3, 0.4) is 0 Å². The van der Waals surface area contributed by atoms with Crippen molar-refractivity contribution in [2.24, 2.45) is 0 Å². The fourth-order valence-corrected chi connectivity index (χ4v) is 9.49. The molecule has 0 aliphatic heterocycles. The van der Waals surface area contributed by atoms with Crippen molar-refractivity contribution in [2.75, 3.05) is 0 Å². The lowest BCUT2D eigenvalue weighted by atomic mass is 9.89. The van der Waals surface area contributed by atoms with Gasteiger partial charge in [0, 0.05) is 33.3 Å². The third-order valence-corrected chi connectivity index (χ3v) is 12.5. The molecule has 0 atom stereocenters. The lowest BCUT2D eigenvalue weighted by molar-refractivity contribution is 1.07. The first kappa shape index (κ1) is 37.2. The third-order valence-electron chi connectivity index (χ3n) is 12.5. The largest absolute Gasteiger partial charge is 0.309 e. The molecule has 0 bridgehead atoms. The molecule has 0 amide bonds. The maximum atomic E-state index is 4.74. The normalized spacial score (nSPS) is 11.4. The van der Waals surface area contributed by atoms with Gasteiger partial charge in [0.15, 0.2) is 11.6 Å². The van der Waals surface area contributed by atoms with E-state index >= 15 is 0 Å². The van der Waals surface area contributed by atoms with Gasteiger partial charge in [-0.2, -0.15) is 0 Å². The van der Waals surface area contributed by atoms with Crippen molar-refractivity contribution >= 4 is 32.6 Å². The van der Waals surface area contributed by atoms with Gasteiger partial charge in [-0.3, -0.25) is 4.57 Å². The zero-order valence-electron chi connectivity index (χ0n) is 34.9. The number of fused-ring (bicyclic) bond motifs is 4. The fraction of sp³-hybridized carbons (Fsp3) is 0. The Kier molecular flexibility index (Phi) is 9.12. The summed E-state index contributed by atoms with van der Waals surface area (Å²) in [5, 5.41) is 14.4. The van der Waals surface area contributed by atoms with Gasteiger partial charge in [0.2, 0.25) is 0 Å². The van der Waals surface area contributed by atoms with Crippen LogP contribution in [0.1, 0.15) is 0 Å². The molecule has 0 fully saturated rings. The molecule has 0 spiro atoms. The second-order valence-electron chi connectivity index (χ2n) is 16.2. The number of para-hydroxylation sites is 2. The molecule has 0 N–H and O–H groups in total. The van der Waals surface area contributed by atoms with Crippen LogP contribution < -0.4 is 0 Å². The molecule has 2 heterocycles. The van der Waals surface area contributed by atoms with Crippen LogP contribution in [-0.2, 0) is 0 Å². The summed E-state index contributed by atoms with van der Waals surface area (Å²) in [5.74, 6) is 1.60. The summed E-state index contributed by atoms with van der Waals surface area (Å²) >= 11 is 0. The monoisotopic (exact) mass is 816 g/mol. The number of benzene rings is 10. The zero-order chi connectivity index (χ0) is 42.4. The van der Waals surface area contributed by atoms with Gasteiger partial charge in [-0.1, -0.05) is 200 Å². The van der Waals surface area contributed by atoms with Gasteiger partial charge in [0.05, 0.1) is 11.0 Å². The first-order chi connectivity index (χ1) is 31.8. The molecule has 0 saturated heterocycles. The Balaban J connectivity index is 0.894. The lowest BCUT2D eigenvalue weighted by Crippen LogP contribution is -2.00. The summed E-state index contributed by atoms with van der Waals surface area (Å²) in [6, 6.07) is 86.7. The van der Waals surface area contributed by atoms with Crippen molar-refractivity contribution in [1.29, 1.82) is 0 Å². The van der Waals surface area contributed by atoms with Crippen LogP contribution in [0.25, 0.3) is 111 Å². The molecule has 0 radical (unpaired) electrons. The van der Waals surface area contributed by atoms with Crippen LogP contribution in [-0.4, -0.2) is 19.3 Å². The minimum Gasteiger partial charge on any atom is -0.309 e. The van der Waals surface area contributed by atoms with Crippen LogP contribution in [0.15, 0.2) is 243 Å². The van der Waals surface area contributed by atoms with Crippen molar-refractivity contribution in [3.05, 3.63) is 243 Å². The average Bonchev–Trinajstić information content (AvgIpc) is 3.97. The van der Waals surface area contributed by atoms with E-state index < -0.39 is 0 Å². The van der Waals surface area contributed by atoms with E-state index in [4.69, 9.17) is 10.2 Å². The Morgan fingerprint density at radius 3 is 1.39 bits per heavy atom.